The van der Waals surface area contributed by atoms with Crippen molar-refractivity contribution in [3.8, 4) is 11.5 Å². The van der Waals surface area contributed by atoms with E-state index in [0.29, 0.717) is 6.42 Å². The van der Waals surface area contributed by atoms with Gasteiger partial charge >= 0.3 is 5.69 Å². The Balaban J connectivity index is 2.26. The Morgan fingerprint density at radius 1 is 1.15 bits per heavy atom. The molecule has 9 heteroatoms. The second-order valence-electron chi connectivity index (χ2n) is 8.07. The number of carbonyl (C=O) groups excluding carboxylic acids is 2. The van der Waals surface area contributed by atoms with Crippen LogP contribution in [-0.2, 0) is 16.1 Å². The maximum Gasteiger partial charge on any atom is 0.311 e. The first kappa shape index (κ1) is 26.6. The third-order valence-corrected chi connectivity index (χ3v) is 5.70. The lowest BCUT2D eigenvalue weighted by molar-refractivity contribution is -0.385. The number of hydrogen-bond donors (Lipinski definition) is 1. The van der Waals surface area contributed by atoms with Gasteiger partial charge in [0.2, 0.25) is 11.7 Å². The summed E-state index contributed by atoms with van der Waals surface area (Å²) < 4.78 is 10.7. The highest BCUT2D eigenvalue weighted by Crippen LogP contribution is 2.30. The van der Waals surface area contributed by atoms with Crippen molar-refractivity contribution >= 4 is 17.5 Å². The molecule has 1 N–H and O–H groups in total. The minimum absolute atomic E-state index is 0.0132. The summed E-state index contributed by atoms with van der Waals surface area (Å²) in [6, 6.07) is 11.1. The molecule has 2 unspecified atom stereocenters. The summed E-state index contributed by atoms with van der Waals surface area (Å²) in [4.78, 5) is 38.4. The number of hydrogen-bond acceptors (Lipinski definition) is 6. The molecule has 0 heterocycles. The number of nitrogens with zero attached hydrogens (tertiary/aromatic N) is 2. The zero-order valence-electron chi connectivity index (χ0n) is 20.4. The average molecular weight is 472 g/mol. The SMILES string of the molecule is CCC(C)NC(=O)C(CC)N(Cc1ccccc1C)C(=O)COc1ccc([N+](=O)[O-])c(OC)c1. The maximum atomic E-state index is 13.3. The highest BCUT2D eigenvalue weighted by molar-refractivity contribution is 5.88. The average Bonchev–Trinajstić information content (AvgIpc) is 2.82. The van der Waals surface area contributed by atoms with Gasteiger partial charge in [-0.2, -0.15) is 0 Å². The van der Waals surface area contributed by atoms with E-state index in [4.69, 9.17) is 9.47 Å². The second-order valence-corrected chi connectivity index (χ2v) is 8.07. The fraction of sp³-hybridized carbons (Fsp3) is 0.440. The van der Waals surface area contributed by atoms with Crippen molar-refractivity contribution in [2.24, 2.45) is 0 Å². The van der Waals surface area contributed by atoms with E-state index >= 15 is 0 Å². The standard InChI is InChI=1S/C25H33N3O6/c1-6-18(4)26-25(30)21(7-2)27(15-19-11-9-8-10-17(19)3)24(29)16-34-20-12-13-22(28(31)32)23(14-20)33-5/h8-14,18,21H,6-7,15-16H2,1-5H3,(H,26,30). The van der Waals surface area contributed by atoms with E-state index in [1.807, 2.05) is 52.0 Å². The first-order valence-corrected chi connectivity index (χ1v) is 11.3. The Morgan fingerprint density at radius 2 is 1.85 bits per heavy atom. The third-order valence-electron chi connectivity index (χ3n) is 5.70. The summed E-state index contributed by atoms with van der Waals surface area (Å²) in [7, 11) is 1.32. The van der Waals surface area contributed by atoms with Crippen LogP contribution in [0.3, 0.4) is 0 Å². The molecule has 0 saturated heterocycles. The van der Waals surface area contributed by atoms with Gasteiger partial charge < -0.3 is 19.7 Å². The second kappa shape index (κ2) is 12.6. The number of aryl methyl sites for hydroxylation is 1. The van der Waals surface area contributed by atoms with Crippen molar-refractivity contribution in [3.63, 3.8) is 0 Å². The zero-order valence-corrected chi connectivity index (χ0v) is 20.4. The number of benzene rings is 2. The molecule has 34 heavy (non-hydrogen) atoms. The van der Waals surface area contributed by atoms with Gasteiger partial charge in [0.1, 0.15) is 11.8 Å². The van der Waals surface area contributed by atoms with Crippen LogP contribution in [0.1, 0.15) is 44.7 Å². The summed E-state index contributed by atoms with van der Waals surface area (Å²) in [6.45, 7) is 7.64. The van der Waals surface area contributed by atoms with Gasteiger partial charge in [-0.25, -0.2) is 0 Å². The number of amides is 2. The molecule has 2 aromatic carbocycles. The Morgan fingerprint density at radius 3 is 2.44 bits per heavy atom. The molecule has 0 aliphatic carbocycles. The molecule has 0 aliphatic heterocycles. The lowest BCUT2D eigenvalue weighted by Gasteiger charge is -2.31. The van der Waals surface area contributed by atoms with Gasteiger partial charge in [0.05, 0.1) is 12.0 Å². The van der Waals surface area contributed by atoms with Gasteiger partial charge in [-0.1, -0.05) is 38.1 Å². The summed E-state index contributed by atoms with van der Waals surface area (Å²) in [5.74, 6) is -0.294. The molecule has 9 nitrogen and oxygen atoms in total. The van der Waals surface area contributed by atoms with Crippen molar-refractivity contribution in [1.82, 2.24) is 10.2 Å². The monoisotopic (exact) mass is 471 g/mol. The molecule has 0 saturated carbocycles. The van der Waals surface area contributed by atoms with Crippen LogP contribution in [0, 0.1) is 17.0 Å². The van der Waals surface area contributed by atoms with E-state index in [0.717, 1.165) is 17.5 Å². The maximum absolute atomic E-state index is 13.3. The Hall–Kier alpha value is -3.62. The summed E-state index contributed by atoms with van der Waals surface area (Å²) in [5.41, 5.74) is 1.75. The van der Waals surface area contributed by atoms with Crippen LogP contribution < -0.4 is 14.8 Å². The fourth-order valence-electron chi connectivity index (χ4n) is 3.46. The molecule has 2 amide bonds. The van der Waals surface area contributed by atoms with E-state index in [1.54, 1.807) is 0 Å². The summed E-state index contributed by atoms with van der Waals surface area (Å²) in [5, 5.41) is 14.1. The van der Waals surface area contributed by atoms with Gasteiger partial charge in [-0.05, 0) is 43.9 Å². The van der Waals surface area contributed by atoms with E-state index in [1.165, 1.54) is 30.2 Å². The zero-order chi connectivity index (χ0) is 25.3. The number of ether oxygens (including phenoxy) is 2. The lowest BCUT2D eigenvalue weighted by atomic mass is 10.1. The minimum atomic E-state index is -0.670. The van der Waals surface area contributed by atoms with Gasteiger partial charge in [0.15, 0.2) is 6.61 Å². The van der Waals surface area contributed by atoms with Crippen LogP contribution in [0.15, 0.2) is 42.5 Å². The first-order valence-electron chi connectivity index (χ1n) is 11.3. The Bertz CT molecular complexity index is 1010. The number of nitro benzene ring substituents is 1. The van der Waals surface area contributed by atoms with E-state index in [-0.39, 0.29) is 48.2 Å². The smallest absolute Gasteiger partial charge is 0.311 e. The molecule has 0 aromatic heterocycles. The minimum Gasteiger partial charge on any atom is -0.490 e. The molecule has 184 valence electrons. The highest BCUT2D eigenvalue weighted by atomic mass is 16.6. The van der Waals surface area contributed by atoms with Crippen LogP contribution in [0.5, 0.6) is 11.5 Å². The van der Waals surface area contributed by atoms with Crippen LogP contribution >= 0.6 is 0 Å². The van der Waals surface area contributed by atoms with Crippen molar-refractivity contribution < 1.29 is 24.0 Å². The normalized spacial score (nSPS) is 12.4. The fourth-order valence-corrected chi connectivity index (χ4v) is 3.46. The molecule has 2 atom stereocenters. The highest BCUT2D eigenvalue weighted by Gasteiger charge is 2.30. The molecule has 0 bridgehead atoms. The molecule has 0 aliphatic rings. The van der Waals surface area contributed by atoms with Crippen molar-refractivity contribution in [1.29, 1.82) is 0 Å². The van der Waals surface area contributed by atoms with Crippen molar-refractivity contribution in [3.05, 3.63) is 63.7 Å². The van der Waals surface area contributed by atoms with Gasteiger partial charge in [0, 0.05) is 24.7 Å². The molecular formula is C25H33N3O6. The number of carbonyl (C=O) groups is 2. The van der Waals surface area contributed by atoms with Gasteiger partial charge in [-0.3, -0.25) is 19.7 Å². The summed E-state index contributed by atoms with van der Waals surface area (Å²) in [6.07, 6.45) is 1.21. The summed E-state index contributed by atoms with van der Waals surface area (Å²) >= 11 is 0. The van der Waals surface area contributed by atoms with Crippen molar-refractivity contribution in [2.45, 2.75) is 59.2 Å². The molecule has 0 spiro atoms. The Labute approximate surface area is 200 Å². The quantitative estimate of drug-likeness (QED) is 0.370. The van der Waals surface area contributed by atoms with E-state index in [2.05, 4.69) is 5.32 Å². The molecule has 2 rings (SSSR count). The molecule has 0 fully saturated rings. The number of rotatable bonds is 12. The van der Waals surface area contributed by atoms with Crippen LogP contribution in [-0.4, -0.2) is 47.4 Å². The number of methoxy groups -OCH3 is 1. The predicted octanol–water partition coefficient (Wildman–Crippen LogP) is 4.01. The van der Waals surface area contributed by atoms with Crippen molar-refractivity contribution in [2.75, 3.05) is 13.7 Å². The van der Waals surface area contributed by atoms with Gasteiger partial charge in [0.25, 0.3) is 5.91 Å². The van der Waals surface area contributed by atoms with Crippen LogP contribution in [0.25, 0.3) is 0 Å². The number of nitro groups is 1. The van der Waals surface area contributed by atoms with Crippen LogP contribution in [0.2, 0.25) is 0 Å². The molecule has 2 aromatic rings. The molecular weight excluding hydrogens is 438 g/mol. The largest absolute Gasteiger partial charge is 0.490 e. The topological polar surface area (TPSA) is 111 Å². The molecule has 0 radical (unpaired) electrons. The van der Waals surface area contributed by atoms with E-state index in [9.17, 15) is 19.7 Å². The number of nitrogens with one attached hydrogen (secondary N) is 1. The van der Waals surface area contributed by atoms with Gasteiger partial charge in [-0.15, -0.1) is 0 Å². The predicted molar refractivity (Wildman–Crippen MR) is 129 cm³/mol. The lowest BCUT2D eigenvalue weighted by Crippen LogP contribution is -2.51. The van der Waals surface area contributed by atoms with Crippen LogP contribution in [0.4, 0.5) is 5.69 Å². The first-order chi connectivity index (χ1) is 16.2. The van der Waals surface area contributed by atoms with E-state index < -0.39 is 11.0 Å². The Kier molecular flexibility index (Phi) is 9.85. The third kappa shape index (κ3) is 6.94.